The lowest BCUT2D eigenvalue weighted by Crippen LogP contribution is -2.29. The summed E-state index contributed by atoms with van der Waals surface area (Å²) in [5.41, 5.74) is 2.02. The molecule has 0 fully saturated rings. The molecule has 2 aromatic rings. The first-order valence-electron chi connectivity index (χ1n) is 6.99. The number of rotatable bonds is 6. The topological polar surface area (TPSA) is 50.3 Å². The van der Waals surface area contributed by atoms with E-state index in [1.54, 1.807) is 25.4 Å². The summed E-state index contributed by atoms with van der Waals surface area (Å²) in [6.45, 7) is 2.46. The Balaban J connectivity index is 2.07. The number of likely N-dealkylation sites (N-methyl/N-ethyl adjacent to an activating group) is 1. The summed E-state index contributed by atoms with van der Waals surface area (Å²) in [7, 11) is -1.83. The standard InChI is InChI=1S/C16H20N2O2S/c1-3-14-7-9-16(10-8-14)21(19,20)18(2)13-11-15-6-4-5-12-17-15/h4-10,12H,3,11,13H2,1-2H3. The molecule has 0 bridgehead atoms. The van der Waals surface area contributed by atoms with Gasteiger partial charge < -0.3 is 0 Å². The van der Waals surface area contributed by atoms with E-state index in [4.69, 9.17) is 0 Å². The van der Waals surface area contributed by atoms with Gasteiger partial charge in [-0.15, -0.1) is 0 Å². The summed E-state index contributed by atoms with van der Waals surface area (Å²) in [5.74, 6) is 0. The molecule has 4 nitrogen and oxygen atoms in total. The van der Waals surface area contributed by atoms with Crippen LogP contribution in [0.1, 0.15) is 18.2 Å². The maximum atomic E-state index is 12.5. The molecule has 1 heterocycles. The number of nitrogens with zero attached hydrogens (tertiary/aromatic N) is 2. The molecule has 0 amide bonds. The van der Waals surface area contributed by atoms with Crippen molar-refractivity contribution >= 4 is 10.0 Å². The highest BCUT2D eigenvalue weighted by molar-refractivity contribution is 7.89. The fourth-order valence-electron chi connectivity index (χ4n) is 2.02. The van der Waals surface area contributed by atoms with Gasteiger partial charge in [0, 0.05) is 31.9 Å². The zero-order chi connectivity index (χ0) is 15.3. The fraction of sp³-hybridized carbons (Fsp3) is 0.312. The number of aryl methyl sites for hydroxylation is 1. The van der Waals surface area contributed by atoms with Gasteiger partial charge in [0.15, 0.2) is 0 Å². The largest absolute Gasteiger partial charge is 0.261 e. The Bertz CT molecular complexity index is 667. The van der Waals surface area contributed by atoms with Crippen LogP contribution in [0.4, 0.5) is 0 Å². The third kappa shape index (κ3) is 3.89. The summed E-state index contributed by atoms with van der Waals surface area (Å²) in [6, 6.07) is 12.7. The zero-order valence-corrected chi connectivity index (χ0v) is 13.2. The van der Waals surface area contributed by atoms with E-state index in [1.165, 1.54) is 4.31 Å². The van der Waals surface area contributed by atoms with Crippen LogP contribution in [0.2, 0.25) is 0 Å². The van der Waals surface area contributed by atoms with Gasteiger partial charge in [-0.25, -0.2) is 12.7 Å². The summed E-state index contributed by atoms with van der Waals surface area (Å²) >= 11 is 0. The van der Waals surface area contributed by atoms with Gasteiger partial charge in [-0.2, -0.15) is 0 Å². The summed E-state index contributed by atoms with van der Waals surface area (Å²) < 4.78 is 26.3. The lowest BCUT2D eigenvalue weighted by Gasteiger charge is -2.17. The quantitative estimate of drug-likeness (QED) is 0.824. The van der Waals surface area contributed by atoms with Crippen molar-refractivity contribution in [2.24, 2.45) is 0 Å². The SMILES string of the molecule is CCc1ccc(S(=O)(=O)N(C)CCc2ccccn2)cc1. The Hall–Kier alpha value is -1.72. The minimum atomic E-state index is -3.43. The molecule has 0 spiro atoms. The molecule has 0 aliphatic carbocycles. The monoisotopic (exact) mass is 304 g/mol. The molecule has 0 atom stereocenters. The van der Waals surface area contributed by atoms with Crippen LogP contribution < -0.4 is 0 Å². The van der Waals surface area contributed by atoms with Crippen LogP contribution in [0, 0.1) is 0 Å². The van der Waals surface area contributed by atoms with Gasteiger partial charge >= 0.3 is 0 Å². The van der Waals surface area contributed by atoms with E-state index in [-0.39, 0.29) is 0 Å². The predicted octanol–water partition coefficient (Wildman–Crippen LogP) is 2.51. The van der Waals surface area contributed by atoms with Crippen molar-refractivity contribution in [1.29, 1.82) is 0 Å². The van der Waals surface area contributed by atoms with Crippen LogP contribution in [0.25, 0.3) is 0 Å². The molecule has 0 saturated carbocycles. The van der Waals surface area contributed by atoms with Gasteiger partial charge in [0.2, 0.25) is 10.0 Å². The lowest BCUT2D eigenvalue weighted by atomic mass is 10.2. The van der Waals surface area contributed by atoms with Crippen LogP contribution in [-0.4, -0.2) is 31.3 Å². The Kier molecular flexibility index (Phi) is 5.09. The first-order valence-corrected chi connectivity index (χ1v) is 8.43. The fourth-order valence-corrected chi connectivity index (χ4v) is 3.19. The molecule has 5 heteroatoms. The van der Waals surface area contributed by atoms with E-state index < -0.39 is 10.0 Å². The van der Waals surface area contributed by atoms with Gasteiger partial charge in [-0.1, -0.05) is 25.1 Å². The van der Waals surface area contributed by atoms with E-state index in [2.05, 4.69) is 4.98 Å². The van der Waals surface area contributed by atoms with Crippen molar-refractivity contribution in [2.45, 2.75) is 24.7 Å². The van der Waals surface area contributed by atoms with Crippen LogP contribution >= 0.6 is 0 Å². The third-order valence-electron chi connectivity index (χ3n) is 3.45. The second-order valence-corrected chi connectivity index (χ2v) is 6.94. The van der Waals surface area contributed by atoms with Crippen molar-refractivity contribution in [3.8, 4) is 0 Å². The highest BCUT2D eigenvalue weighted by Gasteiger charge is 2.20. The molecule has 0 aliphatic rings. The van der Waals surface area contributed by atoms with Crippen molar-refractivity contribution in [3.05, 3.63) is 59.9 Å². The van der Waals surface area contributed by atoms with Crippen molar-refractivity contribution < 1.29 is 8.42 Å². The van der Waals surface area contributed by atoms with Crippen LogP contribution in [-0.2, 0) is 22.9 Å². The third-order valence-corrected chi connectivity index (χ3v) is 5.32. The first-order chi connectivity index (χ1) is 10.0. The van der Waals surface area contributed by atoms with Gasteiger partial charge in [-0.05, 0) is 36.2 Å². The van der Waals surface area contributed by atoms with Crippen molar-refractivity contribution in [1.82, 2.24) is 9.29 Å². The van der Waals surface area contributed by atoms with E-state index >= 15 is 0 Å². The van der Waals surface area contributed by atoms with Crippen LogP contribution in [0.3, 0.4) is 0 Å². The Labute approximate surface area is 126 Å². The number of aromatic nitrogens is 1. The molecule has 0 saturated heterocycles. The lowest BCUT2D eigenvalue weighted by molar-refractivity contribution is 0.471. The number of sulfonamides is 1. The molecule has 112 valence electrons. The highest BCUT2D eigenvalue weighted by atomic mass is 32.2. The van der Waals surface area contributed by atoms with E-state index in [0.29, 0.717) is 17.9 Å². The van der Waals surface area contributed by atoms with Gasteiger partial charge in [0.05, 0.1) is 4.90 Å². The van der Waals surface area contributed by atoms with Crippen molar-refractivity contribution in [3.63, 3.8) is 0 Å². The highest BCUT2D eigenvalue weighted by Crippen LogP contribution is 2.15. The number of hydrogen-bond donors (Lipinski definition) is 0. The summed E-state index contributed by atoms with van der Waals surface area (Å²) in [6.07, 6.45) is 3.22. The Morgan fingerprint density at radius 2 is 1.81 bits per heavy atom. The maximum Gasteiger partial charge on any atom is 0.242 e. The minimum Gasteiger partial charge on any atom is -0.261 e. The molecule has 21 heavy (non-hydrogen) atoms. The van der Waals surface area contributed by atoms with Gasteiger partial charge in [-0.3, -0.25) is 4.98 Å². The average Bonchev–Trinajstić information content (AvgIpc) is 2.53. The van der Waals surface area contributed by atoms with Crippen molar-refractivity contribution in [2.75, 3.05) is 13.6 Å². The van der Waals surface area contributed by atoms with E-state index in [1.807, 2.05) is 37.3 Å². The first kappa shape index (κ1) is 15.7. The van der Waals surface area contributed by atoms with Crippen LogP contribution in [0.5, 0.6) is 0 Å². The van der Waals surface area contributed by atoms with E-state index in [0.717, 1.165) is 17.7 Å². The predicted molar refractivity (Wildman–Crippen MR) is 83.6 cm³/mol. The summed E-state index contributed by atoms with van der Waals surface area (Å²) in [4.78, 5) is 4.54. The smallest absolute Gasteiger partial charge is 0.242 e. The van der Waals surface area contributed by atoms with Gasteiger partial charge in [0.1, 0.15) is 0 Å². The van der Waals surface area contributed by atoms with Crippen LogP contribution in [0.15, 0.2) is 53.6 Å². The Morgan fingerprint density at radius 3 is 2.38 bits per heavy atom. The molecule has 1 aromatic heterocycles. The molecule has 2 rings (SSSR count). The zero-order valence-electron chi connectivity index (χ0n) is 12.4. The molecule has 0 aliphatic heterocycles. The molecular formula is C16H20N2O2S. The molecule has 0 unspecified atom stereocenters. The Morgan fingerprint density at radius 1 is 1.10 bits per heavy atom. The minimum absolute atomic E-state index is 0.336. The van der Waals surface area contributed by atoms with Gasteiger partial charge in [0.25, 0.3) is 0 Å². The molecule has 1 aromatic carbocycles. The number of hydrogen-bond acceptors (Lipinski definition) is 3. The van der Waals surface area contributed by atoms with E-state index in [9.17, 15) is 8.42 Å². The number of pyridine rings is 1. The number of benzene rings is 1. The summed E-state index contributed by atoms with van der Waals surface area (Å²) in [5, 5.41) is 0. The maximum absolute atomic E-state index is 12.5. The molecule has 0 radical (unpaired) electrons. The molecular weight excluding hydrogens is 284 g/mol. The second kappa shape index (κ2) is 6.83. The normalized spacial score (nSPS) is 11.8. The molecule has 0 N–H and O–H groups in total. The second-order valence-electron chi connectivity index (χ2n) is 4.90. The average molecular weight is 304 g/mol.